The Morgan fingerprint density at radius 3 is 2.83 bits per heavy atom. The van der Waals surface area contributed by atoms with E-state index in [-0.39, 0.29) is 11.4 Å². The summed E-state index contributed by atoms with van der Waals surface area (Å²) in [6, 6.07) is 5.51. The zero-order chi connectivity index (χ0) is 17.3. The third-order valence-corrected chi connectivity index (χ3v) is 5.37. The Labute approximate surface area is 152 Å². The summed E-state index contributed by atoms with van der Waals surface area (Å²) in [4.78, 5) is 25.0. The van der Waals surface area contributed by atoms with Crippen LogP contribution in [0.3, 0.4) is 0 Å². The van der Waals surface area contributed by atoms with Gasteiger partial charge in [-0.05, 0) is 33.5 Å². The largest absolute Gasteiger partial charge is 0.340 e. The van der Waals surface area contributed by atoms with Crippen LogP contribution in [0.2, 0.25) is 0 Å². The number of halogens is 1. The van der Waals surface area contributed by atoms with Crippen LogP contribution in [0.25, 0.3) is 11.0 Å². The fourth-order valence-corrected chi connectivity index (χ4v) is 3.44. The fraction of sp³-hybridized carbons (Fsp3) is 0.312. The number of para-hydroxylation sites is 1. The minimum Gasteiger partial charge on any atom is -0.340 e. The highest BCUT2D eigenvalue weighted by molar-refractivity contribution is 9.10. The van der Waals surface area contributed by atoms with Gasteiger partial charge in [-0.15, -0.1) is 11.3 Å². The predicted octanol–water partition coefficient (Wildman–Crippen LogP) is 4.40. The number of rotatable bonds is 3. The smallest absolute Gasteiger partial charge is 0.321 e. The van der Waals surface area contributed by atoms with Crippen molar-refractivity contribution in [2.45, 2.75) is 32.7 Å². The number of H-pyrrole nitrogens is 1. The molecule has 0 radical (unpaired) electrons. The van der Waals surface area contributed by atoms with Gasteiger partial charge in [-0.1, -0.05) is 26.8 Å². The summed E-state index contributed by atoms with van der Waals surface area (Å²) in [5.41, 5.74) is 1.80. The molecule has 0 aliphatic rings. The van der Waals surface area contributed by atoms with Crippen molar-refractivity contribution in [3.63, 3.8) is 0 Å². The minimum absolute atomic E-state index is 0.0235. The number of carbonyl (C=O) groups is 1. The Hall–Kier alpha value is -1.93. The van der Waals surface area contributed by atoms with Crippen molar-refractivity contribution >= 4 is 49.5 Å². The lowest BCUT2D eigenvalue weighted by molar-refractivity contribution is 0.251. The normalized spacial score (nSPS) is 11.7. The predicted molar refractivity (Wildman–Crippen MR) is 100 cm³/mol. The van der Waals surface area contributed by atoms with Crippen molar-refractivity contribution in [3.05, 3.63) is 39.6 Å². The Bertz CT molecular complexity index is 880. The summed E-state index contributed by atoms with van der Waals surface area (Å²) in [5.74, 6) is 0.696. The molecule has 3 rings (SSSR count). The molecule has 6 nitrogen and oxygen atoms in total. The van der Waals surface area contributed by atoms with Gasteiger partial charge in [-0.3, -0.25) is 5.32 Å². The number of carbonyl (C=O) groups excluding carboxylic acids is 1. The second kappa shape index (κ2) is 6.52. The zero-order valence-corrected chi connectivity index (χ0v) is 16.0. The Morgan fingerprint density at radius 1 is 1.38 bits per heavy atom. The number of nitrogens with one attached hydrogen (secondary N) is 3. The number of benzene rings is 1. The highest BCUT2D eigenvalue weighted by atomic mass is 79.9. The van der Waals surface area contributed by atoms with Gasteiger partial charge in [0.05, 0.1) is 12.1 Å². The first-order valence-electron chi connectivity index (χ1n) is 7.47. The van der Waals surface area contributed by atoms with Crippen LogP contribution in [0.15, 0.2) is 28.9 Å². The van der Waals surface area contributed by atoms with E-state index < -0.39 is 0 Å². The lowest BCUT2D eigenvalue weighted by Crippen LogP contribution is -2.28. The second-order valence-electron chi connectivity index (χ2n) is 6.41. The number of hydrogen-bond acceptors (Lipinski definition) is 4. The monoisotopic (exact) mass is 407 g/mol. The Morgan fingerprint density at radius 2 is 2.17 bits per heavy atom. The van der Waals surface area contributed by atoms with Crippen LogP contribution in [-0.2, 0) is 12.0 Å². The highest BCUT2D eigenvalue weighted by Gasteiger charge is 2.18. The molecule has 0 unspecified atom stereocenters. The van der Waals surface area contributed by atoms with Gasteiger partial charge >= 0.3 is 6.03 Å². The lowest BCUT2D eigenvalue weighted by Gasteiger charge is -2.14. The van der Waals surface area contributed by atoms with E-state index in [2.05, 4.69) is 62.3 Å². The van der Waals surface area contributed by atoms with Crippen molar-refractivity contribution < 1.29 is 4.79 Å². The van der Waals surface area contributed by atoms with Crippen molar-refractivity contribution in [3.8, 4) is 0 Å². The van der Waals surface area contributed by atoms with Gasteiger partial charge in [0.1, 0.15) is 11.3 Å². The number of anilines is 1. The van der Waals surface area contributed by atoms with E-state index in [9.17, 15) is 4.79 Å². The number of aromatic amines is 1. The molecule has 2 heterocycles. The standard InChI is InChI=1S/C16H18BrN5OS/c1-16(2,3)11-7-19-15(24-11)22-14(23)18-8-12-20-10-6-4-5-9(17)13(10)21-12/h4-7H,8H2,1-3H3,(H,20,21)(H2,18,19,22,23). The number of aromatic nitrogens is 3. The maximum Gasteiger partial charge on any atom is 0.321 e. The van der Waals surface area contributed by atoms with Gasteiger partial charge in [-0.2, -0.15) is 0 Å². The molecule has 0 saturated carbocycles. The van der Waals surface area contributed by atoms with E-state index >= 15 is 0 Å². The molecule has 0 aliphatic heterocycles. The van der Waals surface area contributed by atoms with Crippen LogP contribution in [0.1, 0.15) is 31.5 Å². The number of nitrogens with zero attached hydrogens (tertiary/aromatic N) is 2. The zero-order valence-electron chi connectivity index (χ0n) is 13.6. The molecule has 126 valence electrons. The molecule has 0 saturated heterocycles. The quantitative estimate of drug-likeness (QED) is 0.601. The van der Waals surface area contributed by atoms with Gasteiger partial charge in [0.2, 0.25) is 0 Å². The molecule has 0 aliphatic carbocycles. The molecule has 0 bridgehead atoms. The topological polar surface area (TPSA) is 82.7 Å². The summed E-state index contributed by atoms with van der Waals surface area (Å²) in [6.45, 7) is 6.66. The third kappa shape index (κ3) is 3.76. The van der Waals surface area contributed by atoms with Crippen LogP contribution >= 0.6 is 27.3 Å². The minimum atomic E-state index is -0.302. The van der Waals surface area contributed by atoms with E-state index in [0.717, 1.165) is 20.4 Å². The molecular formula is C16H18BrN5OS. The molecule has 3 N–H and O–H groups in total. The van der Waals surface area contributed by atoms with Crippen molar-refractivity contribution in [1.29, 1.82) is 0 Å². The molecule has 0 atom stereocenters. The Kier molecular flexibility index (Phi) is 4.60. The van der Waals surface area contributed by atoms with Crippen LogP contribution in [0.5, 0.6) is 0 Å². The molecule has 3 aromatic rings. The fourth-order valence-electron chi connectivity index (χ4n) is 2.12. The van der Waals surface area contributed by atoms with Gasteiger partial charge in [0.25, 0.3) is 0 Å². The number of imidazole rings is 1. The van der Waals surface area contributed by atoms with E-state index in [4.69, 9.17) is 0 Å². The molecule has 0 fully saturated rings. The first-order chi connectivity index (χ1) is 11.3. The average molecular weight is 408 g/mol. The summed E-state index contributed by atoms with van der Waals surface area (Å²) >= 11 is 4.95. The van der Waals surface area contributed by atoms with E-state index in [0.29, 0.717) is 17.5 Å². The van der Waals surface area contributed by atoms with Gasteiger partial charge in [-0.25, -0.2) is 14.8 Å². The second-order valence-corrected chi connectivity index (χ2v) is 8.29. The lowest BCUT2D eigenvalue weighted by atomic mass is 9.96. The molecule has 0 spiro atoms. The number of hydrogen-bond donors (Lipinski definition) is 3. The molecule has 1 aromatic carbocycles. The molecule has 2 aromatic heterocycles. The van der Waals surface area contributed by atoms with Crippen LogP contribution in [0.4, 0.5) is 9.93 Å². The van der Waals surface area contributed by atoms with Gasteiger partial charge < -0.3 is 10.3 Å². The van der Waals surface area contributed by atoms with Gasteiger partial charge in [0.15, 0.2) is 5.13 Å². The van der Waals surface area contributed by atoms with E-state index in [1.807, 2.05) is 18.2 Å². The number of thiazole rings is 1. The van der Waals surface area contributed by atoms with Gasteiger partial charge in [0, 0.05) is 15.5 Å². The summed E-state index contributed by atoms with van der Waals surface area (Å²) in [7, 11) is 0. The van der Waals surface area contributed by atoms with E-state index in [1.165, 1.54) is 11.3 Å². The molecule has 24 heavy (non-hydrogen) atoms. The maximum absolute atomic E-state index is 12.0. The van der Waals surface area contributed by atoms with Crippen molar-refractivity contribution in [1.82, 2.24) is 20.3 Å². The SMILES string of the molecule is CC(C)(C)c1cnc(NC(=O)NCc2nc3c(Br)cccc3[nH]2)s1. The van der Waals surface area contributed by atoms with Crippen LogP contribution in [0, 0.1) is 0 Å². The molecule has 2 amide bonds. The summed E-state index contributed by atoms with van der Waals surface area (Å²) in [6.07, 6.45) is 1.80. The Balaban J connectivity index is 1.60. The van der Waals surface area contributed by atoms with Crippen LogP contribution in [-0.4, -0.2) is 21.0 Å². The highest BCUT2D eigenvalue weighted by Crippen LogP contribution is 2.30. The number of urea groups is 1. The first kappa shape index (κ1) is 16.9. The van der Waals surface area contributed by atoms with Crippen molar-refractivity contribution in [2.24, 2.45) is 0 Å². The summed E-state index contributed by atoms with van der Waals surface area (Å²) in [5, 5.41) is 6.13. The first-order valence-corrected chi connectivity index (χ1v) is 9.08. The molecule has 8 heteroatoms. The average Bonchev–Trinajstić information content (AvgIpc) is 3.12. The molecular weight excluding hydrogens is 390 g/mol. The van der Waals surface area contributed by atoms with Crippen LogP contribution < -0.4 is 10.6 Å². The number of amides is 2. The van der Waals surface area contributed by atoms with E-state index in [1.54, 1.807) is 6.20 Å². The third-order valence-electron chi connectivity index (χ3n) is 3.39. The van der Waals surface area contributed by atoms with Crippen molar-refractivity contribution in [2.75, 3.05) is 5.32 Å². The number of fused-ring (bicyclic) bond motifs is 1. The summed E-state index contributed by atoms with van der Waals surface area (Å²) < 4.78 is 0.921. The maximum atomic E-state index is 12.0.